The fourth-order valence-electron chi connectivity index (χ4n) is 4.22. The van der Waals surface area contributed by atoms with Gasteiger partial charge in [0.15, 0.2) is 5.96 Å². The normalized spacial score (nSPS) is 17.2. The highest BCUT2D eigenvalue weighted by molar-refractivity contribution is 5.82. The number of hydrogen-bond donors (Lipinski definition) is 5. The minimum absolute atomic E-state index is 0. The van der Waals surface area contributed by atoms with E-state index in [0.717, 1.165) is 32.1 Å². The third-order valence-corrected chi connectivity index (χ3v) is 5.97. The van der Waals surface area contributed by atoms with E-state index in [9.17, 15) is 14.4 Å². The van der Waals surface area contributed by atoms with Crippen LogP contribution in [0.25, 0.3) is 0 Å². The SMILES string of the molecule is N=C(N)NCCCCCC(=O)NC[C@@H]1C[C@@H](CCC(=O)O)C(=O)N1CCCc1ccccc1.O. The summed E-state index contributed by atoms with van der Waals surface area (Å²) in [5.41, 5.74) is 6.45. The second-order valence-corrected chi connectivity index (χ2v) is 8.59. The number of carbonyl (C=O) groups is 3. The van der Waals surface area contributed by atoms with Crippen LogP contribution in [0.2, 0.25) is 0 Å². The molecule has 0 saturated carbocycles. The van der Waals surface area contributed by atoms with E-state index in [4.69, 9.17) is 16.2 Å². The van der Waals surface area contributed by atoms with Gasteiger partial charge in [-0.05, 0) is 44.1 Å². The second kappa shape index (κ2) is 15.7. The highest BCUT2D eigenvalue weighted by Crippen LogP contribution is 2.28. The van der Waals surface area contributed by atoms with Crippen molar-refractivity contribution in [2.75, 3.05) is 19.6 Å². The molecule has 0 bridgehead atoms. The lowest BCUT2D eigenvalue weighted by atomic mass is 9.99. The van der Waals surface area contributed by atoms with E-state index in [0.29, 0.717) is 38.9 Å². The highest BCUT2D eigenvalue weighted by Gasteiger charge is 2.38. The minimum atomic E-state index is -0.895. The predicted octanol–water partition coefficient (Wildman–Crippen LogP) is 1.04. The maximum Gasteiger partial charge on any atom is 0.303 e. The number of amides is 2. The van der Waals surface area contributed by atoms with Gasteiger partial charge in [0.05, 0.1) is 0 Å². The average Bonchev–Trinajstić information content (AvgIpc) is 3.08. The van der Waals surface area contributed by atoms with Gasteiger partial charge in [-0.25, -0.2) is 0 Å². The Hall–Kier alpha value is -3.14. The van der Waals surface area contributed by atoms with Gasteiger partial charge in [-0.2, -0.15) is 0 Å². The lowest BCUT2D eigenvalue weighted by molar-refractivity contribution is -0.138. The van der Waals surface area contributed by atoms with Crippen LogP contribution in [0.15, 0.2) is 30.3 Å². The molecule has 0 aromatic heterocycles. The molecule has 1 aromatic carbocycles. The first-order valence-corrected chi connectivity index (χ1v) is 11.8. The van der Waals surface area contributed by atoms with Gasteiger partial charge >= 0.3 is 5.97 Å². The van der Waals surface area contributed by atoms with Crippen LogP contribution in [0.4, 0.5) is 0 Å². The van der Waals surface area contributed by atoms with E-state index in [1.54, 1.807) is 0 Å². The van der Waals surface area contributed by atoms with Crippen molar-refractivity contribution in [1.29, 1.82) is 5.41 Å². The average molecular weight is 478 g/mol. The van der Waals surface area contributed by atoms with Gasteiger partial charge in [-0.15, -0.1) is 0 Å². The number of carboxylic acid groups (broad SMARTS) is 1. The number of aryl methyl sites for hydroxylation is 1. The molecule has 2 amide bonds. The first-order valence-electron chi connectivity index (χ1n) is 11.8. The van der Waals surface area contributed by atoms with Gasteiger partial charge in [-0.3, -0.25) is 19.8 Å². The molecule has 8 N–H and O–H groups in total. The van der Waals surface area contributed by atoms with Gasteiger partial charge in [0.25, 0.3) is 0 Å². The van der Waals surface area contributed by atoms with Gasteiger partial charge in [-0.1, -0.05) is 36.8 Å². The number of likely N-dealkylation sites (tertiary alicyclic amines) is 1. The summed E-state index contributed by atoms with van der Waals surface area (Å²) in [7, 11) is 0. The zero-order chi connectivity index (χ0) is 24.1. The molecule has 1 fully saturated rings. The number of guanidine groups is 1. The first kappa shape index (κ1) is 28.9. The lowest BCUT2D eigenvalue weighted by Gasteiger charge is -2.25. The summed E-state index contributed by atoms with van der Waals surface area (Å²) < 4.78 is 0. The number of carbonyl (C=O) groups excluding carboxylic acids is 2. The van der Waals surface area contributed by atoms with Gasteiger partial charge < -0.3 is 31.8 Å². The van der Waals surface area contributed by atoms with Crippen LogP contribution in [0.3, 0.4) is 0 Å². The Morgan fingerprint density at radius 3 is 2.50 bits per heavy atom. The zero-order valence-corrected chi connectivity index (χ0v) is 19.7. The summed E-state index contributed by atoms with van der Waals surface area (Å²) in [5.74, 6) is -1.28. The molecule has 1 heterocycles. The smallest absolute Gasteiger partial charge is 0.303 e. The summed E-state index contributed by atoms with van der Waals surface area (Å²) in [5, 5.41) is 21.8. The number of nitrogens with two attached hydrogens (primary N) is 1. The summed E-state index contributed by atoms with van der Waals surface area (Å²) in [6, 6.07) is 10.00. The molecule has 2 rings (SSSR count). The summed E-state index contributed by atoms with van der Waals surface area (Å²) >= 11 is 0. The molecule has 1 aliphatic heterocycles. The number of nitrogens with one attached hydrogen (secondary N) is 3. The van der Waals surface area contributed by atoms with Crippen molar-refractivity contribution in [3.05, 3.63) is 35.9 Å². The maximum atomic E-state index is 12.9. The molecule has 190 valence electrons. The monoisotopic (exact) mass is 477 g/mol. The molecule has 1 aliphatic rings. The van der Waals surface area contributed by atoms with Crippen molar-refractivity contribution >= 4 is 23.7 Å². The maximum absolute atomic E-state index is 12.9. The molecule has 0 unspecified atom stereocenters. The van der Waals surface area contributed by atoms with Crippen molar-refractivity contribution in [3.63, 3.8) is 0 Å². The second-order valence-electron chi connectivity index (χ2n) is 8.59. The third-order valence-electron chi connectivity index (χ3n) is 5.97. The van der Waals surface area contributed by atoms with E-state index < -0.39 is 5.97 Å². The van der Waals surface area contributed by atoms with Crippen molar-refractivity contribution in [2.45, 2.75) is 63.8 Å². The number of benzene rings is 1. The summed E-state index contributed by atoms with van der Waals surface area (Å²) in [4.78, 5) is 38.0. The topological polar surface area (TPSA) is 180 Å². The molecule has 34 heavy (non-hydrogen) atoms. The van der Waals surface area contributed by atoms with Gasteiger partial charge in [0.1, 0.15) is 0 Å². The van der Waals surface area contributed by atoms with Gasteiger partial charge in [0.2, 0.25) is 11.8 Å². The van der Waals surface area contributed by atoms with E-state index in [2.05, 4.69) is 22.8 Å². The summed E-state index contributed by atoms with van der Waals surface area (Å²) in [6.45, 7) is 1.61. The number of carboxylic acids is 1. The minimum Gasteiger partial charge on any atom is -0.481 e. The first-order chi connectivity index (χ1) is 15.9. The molecular weight excluding hydrogens is 438 g/mol. The van der Waals surface area contributed by atoms with E-state index in [1.165, 1.54) is 5.56 Å². The van der Waals surface area contributed by atoms with Crippen molar-refractivity contribution in [2.24, 2.45) is 11.7 Å². The highest BCUT2D eigenvalue weighted by atomic mass is 16.4. The molecule has 0 aliphatic carbocycles. The van der Waals surface area contributed by atoms with Crippen LogP contribution < -0.4 is 16.4 Å². The molecule has 10 heteroatoms. The molecule has 1 saturated heterocycles. The lowest BCUT2D eigenvalue weighted by Crippen LogP contribution is -2.42. The van der Waals surface area contributed by atoms with Crippen LogP contribution in [0.1, 0.15) is 56.9 Å². The van der Waals surface area contributed by atoms with E-state index in [-0.39, 0.29) is 41.6 Å². The van der Waals surface area contributed by atoms with Crippen LogP contribution in [0, 0.1) is 11.3 Å². The van der Waals surface area contributed by atoms with Crippen LogP contribution in [-0.2, 0) is 20.8 Å². The Kier molecular flexibility index (Phi) is 13.3. The molecular formula is C24H39N5O5. The number of rotatable bonds is 15. The molecule has 2 atom stereocenters. The third kappa shape index (κ3) is 10.7. The number of nitrogens with zero attached hydrogens (tertiary/aromatic N) is 1. The Morgan fingerprint density at radius 1 is 1.09 bits per heavy atom. The van der Waals surface area contributed by atoms with Crippen LogP contribution in [0.5, 0.6) is 0 Å². The fraction of sp³-hybridized carbons (Fsp3) is 0.583. The Labute approximate surface area is 201 Å². The van der Waals surface area contributed by atoms with Crippen LogP contribution in [-0.4, -0.2) is 64.9 Å². The quantitative estimate of drug-likeness (QED) is 0.143. The van der Waals surface area contributed by atoms with Crippen molar-refractivity contribution in [1.82, 2.24) is 15.5 Å². The molecule has 10 nitrogen and oxygen atoms in total. The van der Waals surface area contributed by atoms with Crippen LogP contribution >= 0.6 is 0 Å². The van der Waals surface area contributed by atoms with Crippen molar-refractivity contribution in [3.8, 4) is 0 Å². The number of aliphatic carboxylic acids is 1. The Balaban J connectivity index is 0.00000578. The summed E-state index contributed by atoms with van der Waals surface area (Å²) in [6.07, 6.45) is 5.43. The standard InChI is InChI=1S/C24H37N5O4.H2O/c25-24(26)27-14-6-2-5-11-21(30)28-17-20-16-19(12-13-22(31)32)23(33)29(20)15-7-10-18-8-3-1-4-9-18;/h1,3-4,8-9,19-20H,2,5-7,10-17H2,(H,28,30)(H,31,32)(H4,25,26,27);1H2/t19-,20+;/m1./s1. The van der Waals surface area contributed by atoms with E-state index >= 15 is 0 Å². The molecule has 1 aromatic rings. The number of unbranched alkanes of at least 4 members (excludes halogenated alkanes) is 2. The molecule has 0 radical (unpaired) electrons. The Bertz CT molecular complexity index is 789. The largest absolute Gasteiger partial charge is 0.481 e. The van der Waals surface area contributed by atoms with Crippen molar-refractivity contribution < 1.29 is 25.0 Å². The fourth-order valence-corrected chi connectivity index (χ4v) is 4.22. The number of hydrogen-bond acceptors (Lipinski definition) is 4. The Morgan fingerprint density at radius 2 is 1.82 bits per heavy atom. The molecule has 0 spiro atoms. The zero-order valence-electron chi connectivity index (χ0n) is 19.7. The van der Waals surface area contributed by atoms with Gasteiger partial charge in [0, 0.05) is 44.4 Å². The predicted molar refractivity (Wildman–Crippen MR) is 130 cm³/mol. The van der Waals surface area contributed by atoms with E-state index in [1.807, 2.05) is 23.1 Å².